The van der Waals surface area contributed by atoms with Gasteiger partial charge in [0.2, 0.25) is 0 Å². The van der Waals surface area contributed by atoms with Gasteiger partial charge in [-0.25, -0.2) is 0 Å². The first-order chi connectivity index (χ1) is 12.6. The topological polar surface area (TPSA) is 64.0 Å². The highest BCUT2D eigenvalue weighted by atomic mass is 16.2. The van der Waals surface area contributed by atoms with E-state index in [1.54, 1.807) is 16.8 Å². The lowest BCUT2D eigenvalue weighted by molar-refractivity contribution is 0.0939. The van der Waals surface area contributed by atoms with Crippen LogP contribution >= 0.6 is 0 Å². The fourth-order valence-corrected chi connectivity index (χ4v) is 2.95. The summed E-state index contributed by atoms with van der Waals surface area (Å²) < 4.78 is 1.60. The van der Waals surface area contributed by atoms with Crippen LogP contribution in [-0.2, 0) is 13.1 Å². The Morgan fingerprint density at radius 1 is 1.19 bits per heavy atom. The van der Waals surface area contributed by atoms with Crippen LogP contribution in [0.3, 0.4) is 0 Å². The van der Waals surface area contributed by atoms with Crippen molar-refractivity contribution in [1.29, 1.82) is 0 Å². The van der Waals surface area contributed by atoms with E-state index < -0.39 is 0 Å². The second-order valence-electron chi connectivity index (χ2n) is 6.43. The Balaban J connectivity index is 1.98. The molecule has 134 valence electrons. The minimum absolute atomic E-state index is 0.109. The van der Waals surface area contributed by atoms with Crippen molar-refractivity contribution in [3.8, 4) is 0 Å². The molecule has 5 nitrogen and oxygen atoms in total. The monoisotopic (exact) mass is 349 g/mol. The van der Waals surface area contributed by atoms with Gasteiger partial charge in [0, 0.05) is 18.1 Å². The number of carbonyl (C=O) groups is 1. The highest BCUT2D eigenvalue weighted by Crippen LogP contribution is 2.15. The van der Waals surface area contributed by atoms with Gasteiger partial charge in [-0.05, 0) is 43.0 Å². The molecule has 0 saturated carbocycles. The molecule has 0 unspecified atom stereocenters. The highest BCUT2D eigenvalue weighted by molar-refractivity contribution is 5.96. The standard InChI is InChI=1S/C21H23N3O2/c1-3-4-11-24-19(20(25)23-14-17-7-5-6-10-22-17)13-16-9-8-15(2)12-18(16)21(24)26/h5-10,12-13H,3-4,11,14H2,1-2H3,(H,23,25). The molecule has 3 rings (SSSR count). The SMILES string of the molecule is CCCCn1c(C(=O)NCc2ccccn2)cc2ccc(C)cc2c1=O. The number of pyridine rings is 2. The smallest absolute Gasteiger partial charge is 0.268 e. The number of carbonyl (C=O) groups excluding carboxylic acids is 1. The molecule has 0 aliphatic carbocycles. The Kier molecular flexibility index (Phi) is 5.46. The molecule has 2 heterocycles. The molecule has 5 heteroatoms. The fourth-order valence-electron chi connectivity index (χ4n) is 2.95. The molecule has 0 aliphatic rings. The summed E-state index contributed by atoms with van der Waals surface area (Å²) in [5.41, 5.74) is 2.10. The second kappa shape index (κ2) is 7.95. The normalized spacial score (nSPS) is 10.8. The van der Waals surface area contributed by atoms with Crippen LogP contribution in [0.2, 0.25) is 0 Å². The van der Waals surface area contributed by atoms with Gasteiger partial charge in [-0.3, -0.25) is 14.6 Å². The van der Waals surface area contributed by atoms with Crippen molar-refractivity contribution < 1.29 is 4.79 Å². The Hall–Kier alpha value is -2.95. The zero-order valence-corrected chi connectivity index (χ0v) is 15.2. The van der Waals surface area contributed by atoms with E-state index in [9.17, 15) is 9.59 Å². The minimum atomic E-state index is -0.258. The number of aromatic nitrogens is 2. The van der Waals surface area contributed by atoms with Crippen molar-refractivity contribution in [3.63, 3.8) is 0 Å². The number of hydrogen-bond donors (Lipinski definition) is 1. The Labute approximate surface area is 152 Å². The van der Waals surface area contributed by atoms with Crippen molar-refractivity contribution in [2.45, 2.75) is 39.8 Å². The maximum atomic E-state index is 13.0. The maximum Gasteiger partial charge on any atom is 0.268 e. The highest BCUT2D eigenvalue weighted by Gasteiger charge is 2.15. The number of hydrogen-bond acceptors (Lipinski definition) is 3. The number of nitrogens with one attached hydrogen (secondary N) is 1. The summed E-state index contributed by atoms with van der Waals surface area (Å²) in [7, 11) is 0. The number of nitrogens with zero attached hydrogens (tertiary/aromatic N) is 2. The van der Waals surface area contributed by atoms with Crippen LogP contribution in [-0.4, -0.2) is 15.5 Å². The quantitative estimate of drug-likeness (QED) is 0.741. The molecule has 0 spiro atoms. The van der Waals surface area contributed by atoms with Gasteiger partial charge in [-0.2, -0.15) is 0 Å². The molecular formula is C21H23N3O2. The lowest BCUT2D eigenvalue weighted by atomic mass is 10.1. The van der Waals surface area contributed by atoms with Crippen LogP contribution < -0.4 is 10.9 Å². The Morgan fingerprint density at radius 2 is 2.04 bits per heavy atom. The van der Waals surface area contributed by atoms with Gasteiger partial charge in [-0.15, -0.1) is 0 Å². The van der Waals surface area contributed by atoms with Crippen molar-refractivity contribution >= 4 is 16.7 Å². The number of benzene rings is 1. The number of rotatable bonds is 6. The van der Waals surface area contributed by atoms with Gasteiger partial charge in [-0.1, -0.05) is 37.1 Å². The van der Waals surface area contributed by atoms with Gasteiger partial charge in [0.25, 0.3) is 11.5 Å². The van der Waals surface area contributed by atoms with E-state index in [1.165, 1.54) is 0 Å². The van der Waals surface area contributed by atoms with E-state index >= 15 is 0 Å². The van der Waals surface area contributed by atoms with Crippen LogP contribution in [0.1, 0.15) is 41.5 Å². The first-order valence-electron chi connectivity index (χ1n) is 8.92. The van der Waals surface area contributed by atoms with E-state index in [-0.39, 0.29) is 11.5 Å². The maximum absolute atomic E-state index is 13.0. The van der Waals surface area contributed by atoms with E-state index in [0.717, 1.165) is 29.5 Å². The van der Waals surface area contributed by atoms with E-state index in [2.05, 4.69) is 17.2 Å². The summed E-state index contributed by atoms with van der Waals surface area (Å²) in [6.07, 6.45) is 3.49. The summed E-state index contributed by atoms with van der Waals surface area (Å²) in [6, 6.07) is 13.1. The third-order valence-electron chi connectivity index (χ3n) is 4.39. The van der Waals surface area contributed by atoms with Gasteiger partial charge in [0.05, 0.1) is 12.2 Å². The predicted octanol–water partition coefficient (Wildman–Crippen LogP) is 3.44. The summed E-state index contributed by atoms with van der Waals surface area (Å²) in [4.78, 5) is 29.9. The molecule has 0 atom stereocenters. The molecule has 3 aromatic rings. The zero-order chi connectivity index (χ0) is 18.5. The van der Waals surface area contributed by atoms with Crippen LogP contribution in [0.5, 0.6) is 0 Å². The van der Waals surface area contributed by atoms with Crippen LogP contribution in [0, 0.1) is 6.92 Å². The van der Waals surface area contributed by atoms with E-state index in [1.807, 2.05) is 43.3 Å². The molecule has 26 heavy (non-hydrogen) atoms. The van der Waals surface area contributed by atoms with Crippen molar-refractivity contribution in [3.05, 3.63) is 76.0 Å². The van der Waals surface area contributed by atoms with Gasteiger partial charge in [0.15, 0.2) is 0 Å². The Morgan fingerprint density at radius 3 is 2.77 bits per heavy atom. The first kappa shape index (κ1) is 17.9. The second-order valence-corrected chi connectivity index (χ2v) is 6.43. The van der Waals surface area contributed by atoms with Gasteiger partial charge >= 0.3 is 0 Å². The summed E-state index contributed by atoms with van der Waals surface area (Å²) in [5.74, 6) is -0.258. The lowest BCUT2D eigenvalue weighted by Crippen LogP contribution is -2.32. The van der Waals surface area contributed by atoms with Crippen LogP contribution in [0.4, 0.5) is 0 Å². The third kappa shape index (κ3) is 3.82. The summed E-state index contributed by atoms with van der Waals surface area (Å²) in [5, 5.41) is 4.32. The molecule has 1 N–H and O–H groups in total. The van der Waals surface area contributed by atoms with Gasteiger partial charge in [0.1, 0.15) is 5.69 Å². The Bertz CT molecular complexity index is 978. The molecule has 1 amide bonds. The largest absolute Gasteiger partial charge is 0.345 e. The molecule has 2 aromatic heterocycles. The molecule has 0 fully saturated rings. The molecule has 0 bridgehead atoms. The number of aryl methyl sites for hydroxylation is 1. The summed E-state index contributed by atoms with van der Waals surface area (Å²) in [6.45, 7) is 4.89. The molecule has 0 radical (unpaired) electrons. The van der Waals surface area contributed by atoms with Crippen molar-refractivity contribution in [2.75, 3.05) is 0 Å². The number of unbranched alkanes of at least 4 members (excludes halogenated alkanes) is 1. The van der Waals surface area contributed by atoms with Gasteiger partial charge < -0.3 is 9.88 Å². The average molecular weight is 349 g/mol. The van der Waals surface area contributed by atoms with E-state index in [4.69, 9.17) is 0 Å². The molecule has 1 aromatic carbocycles. The predicted molar refractivity (Wildman–Crippen MR) is 103 cm³/mol. The lowest BCUT2D eigenvalue weighted by Gasteiger charge is -2.14. The van der Waals surface area contributed by atoms with Crippen molar-refractivity contribution in [1.82, 2.24) is 14.9 Å². The van der Waals surface area contributed by atoms with Crippen LogP contribution in [0.15, 0.2) is 53.5 Å². The molecule has 0 saturated heterocycles. The van der Waals surface area contributed by atoms with E-state index in [0.29, 0.717) is 24.2 Å². The fraction of sp³-hybridized carbons (Fsp3) is 0.286. The minimum Gasteiger partial charge on any atom is -0.345 e. The average Bonchev–Trinajstić information content (AvgIpc) is 2.66. The summed E-state index contributed by atoms with van der Waals surface area (Å²) >= 11 is 0. The van der Waals surface area contributed by atoms with Crippen LogP contribution in [0.25, 0.3) is 10.8 Å². The zero-order valence-electron chi connectivity index (χ0n) is 15.2. The first-order valence-corrected chi connectivity index (χ1v) is 8.92. The van der Waals surface area contributed by atoms with Crippen molar-refractivity contribution in [2.24, 2.45) is 0 Å². The number of fused-ring (bicyclic) bond motifs is 1. The molecule has 0 aliphatic heterocycles. The molecular weight excluding hydrogens is 326 g/mol. The number of amides is 1. The third-order valence-corrected chi connectivity index (χ3v) is 4.39.